The summed E-state index contributed by atoms with van der Waals surface area (Å²) in [6.45, 7) is 3.50. The van der Waals surface area contributed by atoms with Crippen LogP contribution in [0.4, 0.5) is 5.82 Å². The standard InChI is InChI=1S/C21H20N4O3/c1-14-15(2)25(19-10-6-7-11-23-19)21(16(14)12-22)24-20(26)13-28-18-9-5-4-8-17(18)27-3/h4-11H,13H2,1-3H3,(H,24,26). The molecule has 0 radical (unpaired) electrons. The van der Waals surface area contributed by atoms with Crippen molar-refractivity contribution >= 4 is 11.7 Å². The maximum absolute atomic E-state index is 12.5. The molecule has 0 saturated heterocycles. The number of nitriles is 1. The van der Waals surface area contributed by atoms with Crippen molar-refractivity contribution in [2.45, 2.75) is 13.8 Å². The first-order chi connectivity index (χ1) is 13.6. The number of hydrogen-bond acceptors (Lipinski definition) is 5. The maximum atomic E-state index is 12.5. The number of nitrogens with zero attached hydrogens (tertiary/aromatic N) is 3. The van der Waals surface area contributed by atoms with Crippen LogP contribution in [0.25, 0.3) is 5.82 Å². The number of pyridine rings is 1. The molecule has 2 heterocycles. The average Bonchev–Trinajstić information content (AvgIpc) is 2.96. The van der Waals surface area contributed by atoms with Crippen LogP contribution in [-0.2, 0) is 4.79 Å². The van der Waals surface area contributed by atoms with E-state index in [1.807, 2.05) is 32.0 Å². The van der Waals surface area contributed by atoms with E-state index in [2.05, 4.69) is 16.4 Å². The highest BCUT2D eigenvalue weighted by Gasteiger charge is 2.21. The third-order valence-corrected chi connectivity index (χ3v) is 4.39. The van der Waals surface area contributed by atoms with Crippen molar-refractivity contribution in [3.63, 3.8) is 0 Å². The number of amides is 1. The van der Waals surface area contributed by atoms with Gasteiger partial charge in [0.15, 0.2) is 18.1 Å². The Hall–Kier alpha value is -3.79. The molecule has 0 aliphatic heterocycles. The maximum Gasteiger partial charge on any atom is 0.263 e. The smallest absolute Gasteiger partial charge is 0.263 e. The van der Waals surface area contributed by atoms with Gasteiger partial charge in [-0.25, -0.2) is 4.98 Å². The highest BCUT2D eigenvalue weighted by Crippen LogP contribution is 2.29. The first-order valence-corrected chi connectivity index (χ1v) is 8.66. The Morgan fingerprint density at radius 3 is 2.54 bits per heavy atom. The quantitative estimate of drug-likeness (QED) is 0.712. The van der Waals surface area contributed by atoms with Crippen molar-refractivity contribution in [2.24, 2.45) is 0 Å². The van der Waals surface area contributed by atoms with Crippen molar-refractivity contribution in [2.75, 3.05) is 19.0 Å². The van der Waals surface area contributed by atoms with E-state index in [0.29, 0.717) is 28.7 Å². The Bertz CT molecular complexity index is 1040. The molecular formula is C21H20N4O3. The van der Waals surface area contributed by atoms with Crippen molar-refractivity contribution in [3.05, 3.63) is 65.5 Å². The van der Waals surface area contributed by atoms with Gasteiger partial charge in [-0.1, -0.05) is 18.2 Å². The Morgan fingerprint density at radius 2 is 1.89 bits per heavy atom. The zero-order chi connectivity index (χ0) is 20.1. The first-order valence-electron chi connectivity index (χ1n) is 8.66. The predicted molar refractivity (Wildman–Crippen MR) is 105 cm³/mol. The molecule has 0 fully saturated rings. The van der Waals surface area contributed by atoms with E-state index >= 15 is 0 Å². The molecule has 0 bridgehead atoms. The molecule has 1 amide bonds. The van der Waals surface area contributed by atoms with E-state index < -0.39 is 5.91 Å². The molecule has 0 aliphatic carbocycles. The second kappa shape index (κ2) is 8.27. The molecule has 142 valence electrons. The Balaban J connectivity index is 1.86. The third-order valence-electron chi connectivity index (χ3n) is 4.39. The molecule has 7 nitrogen and oxygen atoms in total. The van der Waals surface area contributed by atoms with Crippen LogP contribution in [0.3, 0.4) is 0 Å². The lowest BCUT2D eigenvalue weighted by Crippen LogP contribution is -2.22. The van der Waals surface area contributed by atoms with Crippen LogP contribution in [0.5, 0.6) is 11.5 Å². The lowest BCUT2D eigenvalue weighted by molar-refractivity contribution is -0.118. The van der Waals surface area contributed by atoms with Crippen LogP contribution in [0, 0.1) is 25.2 Å². The zero-order valence-electron chi connectivity index (χ0n) is 15.9. The minimum atomic E-state index is -0.392. The van der Waals surface area contributed by atoms with Gasteiger partial charge in [0.05, 0.1) is 12.7 Å². The highest BCUT2D eigenvalue weighted by molar-refractivity contribution is 5.93. The summed E-state index contributed by atoms with van der Waals surface area (Å²) in [5.41, 5.74) is 2.01. The fourth-order valence-electron chi connectivity index (χ4n) is 2.88. The molecule has 3 aromatic rings. The fourth-order valence-corrected chi connectivity index (χ4v) is 2.88. The molecule has 0 aliphatic rings. The van der Waals surface area contributed by atoms with Gasteiger partial charge in [-0.3, -0.25) is 9.36 Å². The zero-order valence-corrected chi connectivity index (χ0v) is 15.9. The van der Waals surface area contributed by atoms with Gasteiger partial charge in [0.2, 0.25) is 0 Å². The number of benzene rings is 1. The third kappa shape index (κ3) is 3.67. The Kier molecular flexibility index (Phi) is 5.61. The largest absolute Gasteiger partial charge is 0.493 e. The van der Waals surface area contributed by atoms with E-state index in [4.69, 9.17) is 9.47 Å². The van der Waals surface area contributed by atoms with E-state index in [0.717, 1.165) is 11.3 Å². The SMILES string of the molecule is COc1ccccc1OCC(=O)Nc1c(C#N)c(C)c(C)n1-c1ccccn1. The van der Waals surface area contributed by atoms with Crippen LogP contribution < -0.4 is 14.8 Å². The van der Waals surface area contributed by atoms with Gasteiger partial charge in [-0.05, 0) is 43.7 Å². The summed E-state index contributed by atoms with van der Waals surface area (Å²) in [6, 6.07) is 14.7. The Labute approximate surface area is 163 Å². The summed E-state index contributed by atoms with van der Waals surface area (Å²) in [7, 11) is 1.53. The van der Waals surface area contributed by atoms with Gasteiger partial charge in [-0.2, -0.15) is 5.26 Å². The number of carbonyl (C=O) groups is 1. The molecule has 3 rings (SSSR count). The van der Waals surface area contributed by atoms with Gasteiger partial charge in [0.1, 0.15) is 17.7 Å². The second-order valence-corrected chi connectivity index (χ2v) is 6.06. The van der Waals surface area contributed by atoms with E-state index in [-0.39, 0.29) is 6.61 Å². The number of methoxy groups -OCH3 is 1. The molecule has 28 heavy (non-hydrogen) atoms. The topological polar surface area (TPSA) is 89.2 Å². The number of aromatic nitrogens is 2. The summed E-state index contributed by atoms with van der Waals surface area (Å²) in [5.74, 6) is 1.61. The van der Waals surface area contributed by atoms with Crippen LogP contribution in [0.2, 0.25) is 0 Å². The fraction of sp³-hybridized carbons (Fsp3) is 0.190. The summed E-state index contributed by atoms with van der Waals surface area (Å²) < 4.78 is 12.5. The molecule has 0 unspecified atom stereocenters. The van der Waals surface area contributed by atoms with E-state index in [9.17, 15) is 10.1 Å². The lowest BCUT2D eigenvalue weighted by atomic mass is 10.2. The minimum absolute atomic E-state index is 0.225. The van der Waals surface area contributed by atoms with Crippen molar-refractivity contribution < 1.29 is 14.3 Å². The number of carbonyl (C=O) groups excluding carboxylic acids is 1. The van der Waals surface area contributed by atoms with Gasteiger partial charge >= 0.3 is 0 Å². The van der Waals surface area contributed by atoms with Gasteiger partial charge in [0, 0.05) is 11.9 Å². The second-order valence-electron chi connectivity index (χ2n) is 6.06. The van der Waals surface area contributed by atoms with Gasteiger partial charge in [0.25, 0.3) is 5.91 Å². The highest BCUT2D eigenvalue weighted by atomic mass is 16.5. The Morgan fingerprint density at radius 1 is 1.18 bits per heavy atom. The minimum Gasteiger partial charge on any atom is -0.493 e. The predicted octanol–water partition coefficient (Wildman–Crippen LogP) is 3.39. The van der Waals surface area contributed by atoms with Crippen molar-refractivity contribution in [1.29, 1.82) is 5.26 Å². The molecule has 2 aromatic heterocycles. The summed E-state index contributed by atoms with van der Waals surface area (Å²) in [5, 5.41) is 12.4. The molecular weight excluding hydrogens is 356 g/mol. The molecule has 0 spiro atoms. The number of ether oxygens (including phenoxy) is 2. The monoisotopic (exact) mass is 376 g/mol. The number of para-hydroxylation sites is 2. The van der Waals surface area contributed by atoms with Gasteiger partial charge < -0.3 is 14.8 Å². The molecule has 0 atom stereocenters. The molecule has 1 N–H and O–H groups in total. The molecule has 1 aromatic carbocycles. The summed E-state index contributed by atoms with van der Waals surface area (Å²) in [4.78, 5) is 16.9. The average molecular weight is 376 g/mol. The molecule has 7 heteroatoms. The van der Waals surface area contributed by atoms with Crippen LogP contribution >= 0.6 is 0 Å². The lowest BCUT2D eigenvalue weighted by Gasteiger charge is -2.13. The van der Waals surface area contributed by atoms with E-state index in [1.54, 1.807) is 35.0 Å². The van der Waals surface area contributed by atoms with Crippen molar-refractivity contribution in [1.82, 2.24) is 9.55 Å². The molecule has 0 saturated carbocycles. The number of hydrogen-bond donors (Lipinski definition) is 1. The normalized spacial score (nSPS) is 10.2. The van der Waals surface area contributed by atoms with E-state index in [1.165, 1.54) is 7.11 Å². The summed E-state index contributed by atoms with van der Waals surface area (Å²) >= 11 is 0. The van der Waals surface area contributed by atoms with Gasteiger partial charge in [-0.15, -0.1) is 0 Å². The number of rotatable bonds is 6. The number of nitrogens with one attached hydrogen (secondary N) is 1. The number of anilines is 1. The summed E-state index contributed by atoms with van der Waals surface area (Å²) in [6.07, 6.45) is 1.66. The van der Waals surface area contributed by atoms with Crippen LogP contribution in [0.15, 0.2) is 48.7 Å². The van der Waals surface area contributed by atoms with Crippen LogP contribution in [0.1, 0.15) is 16.8 Å². The van der Waals surface area contributed by atoms with Crippen molar-refractivity contribution in [3.8, 4) is 23.4 Å². The first kappa shape index (κ1) is 19.0. The van der Waals surface area contributed by atoms with Crippen LogP contribution in [-0.4, -0.2) is 29.2 Å².